The van der Waals surface area contributed by atoms with Gasteiger partial charge in [-0.05, 0) is 64.1 Å². The van der Waals surface area contributed by atoms with Gasteiger partial charge in [0, 0.05) is 10.9 Å². The summed E-state index contributed by atoms with van der Waals surface area (Å²) in [4.78, 5) is 1.34. The molecular weight excluding hydrogens is 264 g/mol. The number of thioether (sulfide) groups is 1. The average Bonchev–Trinajstić information content (AvgIpc) is 2.46. The third-order valence-electron chi connectivity index (χ3n) is 3.56. The predicted octanol–water partition coefficient (Wildman–Crippen LogP) is 4.78. The SMILES string of the molecule is CNC(C)c1cccc(SCCCCC(C)(C)C#N)c1. The molecule has 0 aliphatic rings. The number of nitrogens with zero attached hydrogens (tertiary/aromatic N) is 1. The van der Waals surface area contributed by atoms with Crippen LogP contribution in [0.1, 0.15) is 51.6 Å². The Balaban J connectivity index is 2.34. The molecule has 0 bridgehead atoms. The van der Waals surface area contributed by atoms with Crippen LogP contribution < -0.4 is 5.32 Å². The molecule has 0 fully saturated rings. The van der Waals surface area contributed by atoms with Crippen molar-refractivity contribution in [2.45, 2.75) is 51.0 Å². The largest absolute Gasteiger partial charge is 0.313 e. The molecule has 0 radical (unpaired) electrons. The number of hydrogen-bond acceptors (Lipinski definition) is 3. The van der Waals surface area contributed by atoms with Gasteiger partial charge in [0.05, 0.1) is 11.5 Å². The zero-order valence-electron chi connectivity index (χ0n) is 13.1. The van der Waals surface area contributed by atoms with Crippen LogP contribution in [0.3, 0.4) is 0 Å². The third kappa shape index (κ3) is 5.98. The van der Waals surface area contributed by atoms with E-state index in [1.807, 2.05) is 32.7 Å². The second kappa shape index (κ2) is 8.34. The van der Waals surface area contributed by atoms with E-state index in [2.05, 4.69) is 42.6 Å². The normalized spacial score (nSPS) is 12.9. The third-order valence-corrected chi connectivity index (χ3v) is 4.64. The molecule has 0 aliphatic carbocycles. The number of nitrogens with one attached hydrogen (secondary N) is 1. The van der Waals surface area contributed by atoms with Crippen LogP contribution in [0.2, 0.25) is 0 Å². The molecule has 1 aromatic carbocycles. The van der Waals surface area contributed by atoms with Crippen molar-refractivity contribution in [1.29, 1.82) is 5.26 Å². The van der Waals surface area contributed by atoms with Crippen molar-refractivity contribution in [3.05, 3.63) is 29.8 Å². The van der Waals surface area contributed by atoms with Crippen molar-refractivity contribution in [2.75, 3.05) is 12.8 Å². The lowest BCUT2D eigenvalue weighted by atomic mass is 9.89. The van der Waals surface area contributed by atoms with Gasteiger partial charge in [0.25, 0.3) is 0 Å². The Bertz CT molecular complexity index is 449. The Morgan fingerprint density at radius 1 is 1.35 bits per heavy atom. The number of nitriles is 1. The van der Waals surface area contributed by atoms with Gasteiger partial charge in [0.1, 0.15) is 0 Å². The first-order valence-corrected chi connectivity index (χ1v) is 8.28. The predicted molar refractivity (Wildman–Crippen MR) is 87.9 cm³/mol. The lowest BCUT2D eigenvalue weighted by Gasteiger charge is -2.14. The van der Waals surface area contributed by atoms with Crippen LogP contribution in [-0.2, 0) is 0 Å². The van der Waals surface area contributed by atoms with Crippen molar-refractivity contribution in [3.8, 4) is 6.07 Å². The molecule has 0 amide bonds. The molecule has 0 aromatic heterocycles. The summed E-state index contributed by atoms with van der Waals surface area (Å²) in [7, 11) is 1.99. The van der Waals surface area contributed by atoms with E-state index in [0.29, 0.717) is 6.04 Å². The first kappa shape index (κ1) is 17.1. The van der Waals surface area contributed by atoms with Gasteiger partial charge in [0.2, 0.25) is 0 Å². The summed E-state index contributed by atoms with van der Waals surface area (Å²) >= 11 is 1.91. The number of rotatable bonds is 8. The molecule has 0 heterocycles. The van der Waals surface area contributed by atoms with E-state index in [1.54, 1.807) is 0 Å². The minimum atomic E-state index is -0.174. The van der Waals surface area contributed by atoms with E-state index in [0.717, 1.165) is 18.6 Å². The fraction of sp³-hybridized carbons (Fsp3) is 0.588. The maximum atomic E-state index is 8.97. The van der Waals surface area contributed by atoms with E-state index in [1.165, 1.54) is 16.9 Å². The minimum Gasteiger partial charge on any atom is -0.313 e. The number of unbranched alkanes of at least 4 members (excludes halogenated alkanes) is 1. The summed E-state index contributed by atoms with van der Waals surface area (Å²) < 4.78 is 0. The highest BCUT2D eigenvalue weighted by atomic mass is 32.2. The maximum Gasteiger partial charge on any atom is 0.0683 e. The topological polar surface area (TPSA) is 35.8 Å². The van der Waals surface area contributed by atoms with Gasteiger partial charge >= 0.3 is 0 Å². The lowest BCUT2D eigenvalue weighted by molar-refractivity contribution is 0.433. The molecule has 2 nitrogen and oxygen atoms in total. The Labute approximate surface area is 128 Å². The Hall–Kier alpha value is -0.980. The van der Waals surface area contributed by atoms with E-state index in [9.17, 15) is 0 Å². The fourth-order valence-corrected chi connectivity index (χ4v) is 2.93. The number of benzene rings is 1. The van der Waals surface area contributed by atoms with E-state index >= 15 is 0 Å². The van der Waals surface area contributed by atoms with Crippen LogP contribution in [0.5, 0.6) is 0 Å². The second-order valence-electron chi connectivity index (χ2n) is 5.88. The van der Waals surface area contributed by atoms with Crippen LogP contribution in [0.4, 0.5) is 0 Å². The summed E-state index contributed by atoms with van der Waals surface area (Å²) in [6.07, 6.45) is 3.28. The van der Waals surface area contributed by atoms with Crippen molar-refractivity contribution in [1.82, 2.24) is 5.32 Å². The molecule has 1 aromatic rings. The van der Waals surface area contributed by atoms with Gasteiger partial charge in [-0.3, -0.25) is 0 Å². The summed E-state index contributed by atoms with van der Waals surface area (Å²) in [5.41, 5.74) is 1.16. The molecular formula is C17H26N2S. The first-order valence-electron chi connectivity index (χ1n) is 7.30. The molecule has 3 heteroatoms. The molecule has 1 N–H and O–H groups in total. The minimum absolute atomic E-state index is 0.174. The first-order chi connectivity index (χ1) is 9.48. The summed E-state index contributed by atoms with van der Waals surface area (Å²) in [6.45, 7) is 6.21. The number of hydrogen-bond donors (Lipinski definition) is 1. The van der Waals surface area contributed by atoms with Gasteiger partial charge in [-0.2, -0.15) is 5.26 Å². The van der Waals surface area contributed by atoms with Crippen molar-refractivity contribution in [2.24, 2.45) is 5.41 Å². The fourth-order valence-electron chi connectivity index (χ4n) is 1.96. The van der Waals surface area contributed by atoms with Crippen LogP contribution >= 0.6 is 11.8 Å². The standard InChI is InChI=1S/C17H26N2S/c1-14(19-4)15-8-7-9-16(12-15)20-11-6-5-10-17(2,3)13-18/h7-9,12,14,19H,5-6,10-11H2,1-4H3. The maximum absolute atomic E-state index is 8.97. The van der Waals surface area contributed by atoms with Crippen molar-refractivity contribution >= 4 is 11.8 Å². The lowest BCUT2D eigenvalue weighted by Crippen LogP contribution is -2.12. The summed E-state index contributed by atoms with van der Waals surface area (Å²) in [5.74, 6) is 1.12. The van der Waals surface area contributed by atoms with Crippen molar-refractivity contribution in [3.63, 3.8) is 0 Å². The Kier molecular flexibility index (Phi) is 7.12. The van der Waals surface area contributed by atoms with Gasteiger partial charge in [0.15, 0.2) is 0 Å². The average molecular weight is 290 g/mol. The highest BCUT2D eigenvalue weighted by Crippen LogP contribution is 2.26. The molecule has 0 saturated carbocycles. The van der Waals surface area contributed by atoms with E-state index in [4.69, 9.17) is 5.26 Å². The highest BCUT2D eigenvalue weighted by Gasteiger charge is 2.15. The molecule has 20 heavy (non-hydrogen) atoms. The Morgan fingerprint density at radius 2 is 2.10 bits per heavy atom. The van der Waals surface area contributed by atoms with E-state index < -0.39 is 0 Å². The highest BCUT2D eigenvalue weighted by molar-refractivity contribution is 7.99. The second-order valence-corrected chi connectivity index (χ2v) is 7.05. The molecule has 0 saturated heterocycles. The quantitative estimate of drug-likeness (QED) is 0.553. The molecule has 0 spiro atoms. The molecule has 0 aliphatic heterocycles. The zero-order valence-corrected chi connectivity index (χ0v) is 13.9. The van der Waals surface area contributed by atoms with Crippen molar-refractivity contribution < 1.29 is 0 Å². The molecule has 1 unspecified atom stereocenters. The van der Waals surface area contributed by atoms with Crippen LogP contribution in [0.25, 0.3) is 0 Å². The molecule has 110 valence electrons. The molecule has 1 rings (SSSR count). The van der Waals surface area contributed by atoms with Crippen LogP contribution in [0, 0.1) is 16.7 Å². The monoisotopic (exact) mass is 290 g/mol. The van der Waals surface area contributed by atoms with Crippen LogP contribution in [0.15, 0.2) is 29.2 Å². The van der Waals surface area contributed by atoms with Crippen LogP contribution in [-0.4, -0.2) is 12.8 Å². The summed E-state index contributed by atoms with van der Waals surface area (Å²) in [5, 5.41) is 12.2. The zero-order chi connectivity index (χ0) is 15.0. The van der Waals surface area contributed by atoms with Gasteiger partial charge in [-0.1, -0.05) is 18.6 Å². The van der Waals surface area contributed by atoms with E-state index in [-0.39, 0.29) is 5.41 Å². The van der Waals surface area contributed by atoms with Gasteiger partial charge in [-0.15, -0.1) is 11.8 Å². The Morgan fingerprint density at radius 3 is 2.75 bits per heavy atom. The summed E-state index contributed by atoms with van der Waals surface area (Å²) in [6, 6.07) is 11.5. The van der Waals surface area contributed by atoms with Gasteiger partial charge < -0.3 is 5.32 Å². The smallest absolute Gasteiger partial charge is 0.0683 e. The molecule has 1 atom stereocenters. The van der Waals surface area contributed by atoms with Gasteiger partial charge in [-0.25, -0.2) is 0 Å².